The molecule has 0 aliphatic carbocycles. The molecule has 0 unspecified atom stereocenters. The van der Waals surface area contributed by atoms with Crippen LogP contribution in [0.1, 0.15) is 0 Å². The highest BCUT2D eigenvalue weighted by Crippen LogP contribution is 2.19. The van der Waals surface area contributed by atoms with Crippen molar-refractivity contribution in [3.63, 3.8) is 0 Å². The molecule has 0 aromatic heterocycles. The summed E-state index contributed by atoms with van der Waals surface area (Å²) in [5.74, 6) is -0.769. The van der Waals surface area contributed by atoms with Crippen molar-refractivity contribution in [1.29, 1.82) is 0 Å². The summed E-state index contributed by atoms with van der Waals surface area (Å²) in [7, 11) is 0. The Morgan fingerprint density at radius 2 is 1.87 bits per heavy atom. The van der Waals surface area contributed by atoms with Gasteiger partial charge >= 0.3 is 6.03 Å². The van der Waals surface area contributed by atoms with Gasteiger partial charge in [0.2, 0.25) is 5.91 Å². The minimum atomic E-state index is -0.421. The van der Waals surface area contributed by atoms with E-state index in [1.54, 1.807) is 11.0 Å². The van der Waals surface area contributed by atoms with Gasteiger partial charge in [0, 0.05) is 24.5 Å². The SMILES string of the molecule is O=C(CN1CCN(c2ccccc2)C1=O)Nc1cccc(F)c1. The number of nitrogens with zero attached hydrogens (tertiary/aromatic N) is 2. The summed E-state index contributed by atoms with van der Waals surface area (Å²) in [5.41, 5.74) is 1.19. The highest BCUT2D eigenvalue weighted by molar-refractivity contribution is 5.99. The molecule has 0 saturated carbocycles. The molecule has 5 nitrogen and oxygen atoms in total. The number of carbonyl (C=O) groups is 2. The molecule has 1 fully saturated rings. The zero-order valence-electron chi connectivity index (χ0n) is 12.4. The molecular weight excluding hydrogens is 297 g/mol. The van der Waals surface area contributed by atoms with Gasteiger partial charge in [0.15, 0.2) is 0 Å². The Morgan fingerprint density at radius 3 is 2.61 bits per heavy atom. The summed E-state index contributed by atoms with van der Waals surface area (Å²) in [4.78, 5) is 27.5. The average molecular weight is 313 g/mol. The number of hydrogen-bond acceptors (Lipinski definition) is 2. The molecule has 1 saturated heterocycles. The topological polar surface area (TPSA) is 52.7 Å². The van der Waals surface area contributed by atoms with Crippen molar-refractivity contribution in [1.82, 2.24) is 4.90 Å². The maximum atomic E-state index is 13.1. The van der Waals surface area contributed by atoms with Crippen LogP contribution in [0.25, 0.3) is 0 Å². The van der Waals surface area contributed by atoms with Gasteiger partial charge in [-0.2, -0.15) is 0 Å². The molecule has 118 valence electrons. The fourth-order valence-electron chi connectivity index (χ4n) is 2.52. The van der Waals surface area contributed by atoms with Crippen LogP contribution in [0.15, 0.2) is 54.6 Å². The Hall–Kier alpha value is -2.89. The third-order valence-electron chi connectivity index (χ3n) is 3.61. The van der Waals surface area contributed by atoms with E-state index < -0.39 is 5.82 Å². The predicted octanol–water partition coefficient (Wildman–Crippen LogP) is 2.71. The number of anilines is 2. The highest BCUT2D eigenvalue weighted by Gasteiger charge is 2.30. The van der Waals surface area contributed by atoms with E-state index >= 15 is 0 Å². The summed E-state index contributed by atoms with van der Waals surface area (Å²) in [6.07, 6.45) is 0. The van der Waals surface area contributed by atoms with E-state index in [-0.39, 0.29) is 18.5 Å². The Morgan fingerprint density at radius 1 is 1.09 bits per heavy atom. The second-order valence-corrected chi connectivity index (χ2v) is 5.25. The Kier molecular flexibility index (Phi) is 4.23. The van der Waals surface area contributed by atoms with Crippen LogP contribution in [0.4, 0.5) is 20.6 Å². The van der Waals surface area contributed by atoms with E-state index in [1.165, 1.54) is 23.1 Å². The van der Waals surface area contributed by atoms with Gasteiger partial charge < -0.3 is 10.2 Å². The van der Waals surface area contributed by atoms with Gasteiger partial charge in [0.1, 0.15) is 12.4 Å². The summed E-state index contributed by atoms with van der Waals surface area (Å²) in [6, 6.07) is 14.8. The second kappa shape index (κ2) is 6.48. The quantitative estimate of drug-likeness (QED) is 0.943. The van der Waals surface area contributed by atoms with Gasteiger partial charge in [-0.25, -0.2) is 9.18 Å². The largest absolute Gasteiger partial charge is 0.325 e. The minimum absolute atomic E-state index is 0.0569. The molecule has 0 radical (unpaired) electrons. The van der Waals surface area contributed by atoms with Crippen LogP contribution in [0, 0.1) is 5.82 Å². The maximum Gasteiger partial charge on any atom is 0.325 e. The number of rotatable bonds is 4. The lowest BCUT2D eigenvalue weighted by Gasteiger charge is -2.18. The molecule has 0 bridgehead atoms. The molecular formula is C17H16FN3O2. The van der Waals surface area contributed by atoms with Crippen molar-refractivity contribution in [2.24, 2.45) is 0 Å². The Balaban J connectivity index is 1.60. The number of para-hydroxylation sites is 1. The minimum Gasteiger partial charge on any atom is -0.324 e. The summed E-state index contributed by atoms with van der Waals surface area (Å²) in [5, 5.41) is 2.59. The molecule has 6 heteroatoms. The van der Waals surface area contributed by atoms with Crippen LogP contribution in [0.2, 0.25) is 0 Å². The van der Waals surface area contributed by atoms with Crippen LogP contribution < -0.4 is 10.2 Å². The third-order valence-corrected chi connectivity index (χ3v) is 3.61. The lowest BCUT2D eigenvalue weighted by atomic mass is 10.3. The smallest absolute Gasteiger partial charge is 0.324 e. The van der Waals surface area contributed by atoms with Gasteiger partial charge in [-0.05, 0) is 30.3 Å². The maximum absolute atomic E-state index is 13.1. The van der Waals surface area contributed by atoms with E-state index in [9.17, 15) is 14.0 Å². The van der Waals surface area contributed by atoms with Gasteiger partial charge in [0.25, 0.3) is 0 Å². The van der Waals surface area contributed by atoms with E-state index in [0.29, 0.717) is 18.8 Å². The number of urea groups is 1. The van der Waals surface area contributed by atoms with Gasteiger partial charge in [0.05, 0.1) is 0 Å². The van der Waals surface area contributed by atoms with E-state index in [2.05, 4.69) is 5.32 Å². The summed E-state index contributed by atoms with van der Waals surface area (Å²) in [6.45, 7) is 0.957. The van der Waals surface area contributed by atoms with Crippen molar-refractivity contribution < 1.29 is 14.0 Å². The van der Waals surface area contributed by atoms with Crippen LogP contribution in [0.3, 0.4) is 0 Å². The molecule has 0 atom stereocenters. The zero-order valence-corrected chi connectivity index (χ0v) is 12.4. The summed E-state index contributed by atoms with van der Waals surface area (Å²) < 4.78 is 13.1. The number of benzene rings is 2. The lowest BCUT2D eigenvalue weighted by Crippen LogP contribution is -2.37. The first-order valence-electron chi connectivity index (χ1n) is 7.30. The molecule has 1 N–H and O–H groups in total. The van der Waals surface area contributed by atoms with E-state index in [0.717, 1.165) is 5.69 Å². The lowest BCUT2D eigenvalue weighted by molar-refractivity contribution is -0.116. The van der Waals surface area contributed by atoms with E-state index in [1.807, 2.05) is 30.3 Å². The average Bonchev–Trinajstić information content (AvgIpc) is 2.89. The van der Waals surface area contributed by atoms with E-state index in [4.69, 9.17) is 0 Å². The molecule has 3 rings (SSSR count). The molecule has 23 heavy (non-hydrogen) atoms. The molecule has 2 aromatic carbocycles. The standard InChI is InChI=1S/C17H16FN3O2/c18-13-5-4-6-14(11-13)19-16(22)12-20-9-10-21(17(20)23)15-7-2-1-3-8-15/h1-8,11H,9-10,12H2,(H,19,22). The molecule has 3 amide bonds. The van der Waals surface area contributed by atoms with Crippen molar-refractivity contribution in [2.75, 3.05) is 29.9 Å². The molecule has 1 aliphatic heterocycles. The van der Waals surface area contributed by atoms with Crippen molar-refractivity contribution in [3.8, 4) is 0 Å². The van der Waals surface area contributed by atoms with Crippen LogP contribution in [-0.4, -0.2) is 36.5 Å². The number of amides is 3. The van der Waals surface area contributed by atoms with Crippen molar-refractivity contribution >= 4 is 23.3 Å². The normalized spacial score (nSPS) is 14.2. The molecule has 1 heterocycles. The van der Waals surface area contributed by atoms with Crippen LogP contribution in [0.5, 0.6) is 0 Å². The van der Waals surface area contributed by atoms with Gasteiger partial charge in [-0.1, -0.05) is 24.3 Å². The predicted molar refractivity (Wildman–Crippen MR) is 85.8 cm³/mol. The Bertz CT molecular complexity index is 721. The molecule has 2 aromatic rings. The number of carbonyl (C=O) groups excluding carboxylic acids is 2. The first kappa shape index (κ1) is 15.0. The first-order chi connectivity index (χ1) is 11.1. The van der Waals surface area contributed by atoms with Gasteiger partial charge in [-0.3, -0.25) is 9.69 Å². The molecule has 1 aliphatic rings. The number of halogens is 1. The van der Waals surface area contributed by atoms with Crippen LogP contribution >= 0.6 is 0 Å². The number of hydrogen-bond donors (Lipinski definition) is 1. The molecule has 0 spiro atoms. The fraction of sp³-hybridized carbons (Fsp3) is 0.176. The van der Waals surface area contributed by atoms with Crippen molar-refractivity contribution in [3.05, 3.63) is 60.4 Å². The highest BCUT2D eigenvalue weighted by atomic mass is 19.1. The first-order valence-corrected chi connectivity index (χ1v) is 7.30. The Labute approximate surface area is 133 Å². The second-order valence-electron chi connectivity index (χ2n) is 5.25. The summed E-state index contributed by atoms with van der Waals surface area (Å²) >= 11 is 0. The number of nitrogens with one attached hydrogen (secondary N) is 1. The van der Waals surface area contributed by atoms with Gasteiger partial charge in [-0.15, -0.1) is 0 Å². The third kappa shape index (κ3) is 3.48. The van der Waals surface area contributed by atoms with Crippen LogP contribution in [-0.2, 0) is 4.79 Å². The fourth-order valence-corrected chi connectivity index (χ4v) is 2.52. The van der Waals surface area contributed by atoms with Crippen molar-refractivity contribution in [2.45, 2.75) is 0 Å². The zero-order chi connectivity index (χ0) is 16.2. The monoisotopic (exact) mass is 313 g/mol.